The lowest BCUT2D eigenvalue weighted by Crippen LogP contribution is -2.37. The number of carboxylic acids is 1. The van der Waals surface area contributed by atoms with Crippen LogP contribution in [0.15, 0.2) is 54.6 Å². The third-order valence-electron chi connectivity index (χ3n) is 4.42. The standard InChI is InChI=1S/C23H29NO7/c1-3-29-21(22(25)26)17-18-9-11-20(12-10-18)31-16-14-24(23(27)28-2)13-15-30-19-7-5-4-6-8-19/h4-12,21H,3,13-17H2,1-2H3,(H,25,26). The fourth-order valence-electron chi connectivity index (χ4n) is 2.84. The zero-order valence-corrected chi connectivity index (χ0v) is 17.9. The number of amides is 1. The summed E-state index contributed by atoms with van der Waals surface area (Å²) in [6.07, 6.45) is -1.05. The first-order valence-corrected chi connectivity index (χ1v) is 10.1. The van der Waals surface area contributed by atoms with E-state index in [0.29, 0.717) is 32.1 Å². The van der Waals surface area contributed by atoms with Crippen molar-refractivity contribution in [1.82, 2.24) is 4.90 Å². The number of methoxy groups -OCH3 is 1. The number of benzene rings is 2. The third-order valence-corrected chi connectivity index (χ3v) is 4.42. The highest BCUT2D eigenvalue weighted by atomic mass is 16.5. The lowest BCUT2D eigenvalue weighted by atomic mass is 10.1. The van der Waals surface area contributed by atoms with E-state index in [1.54, 1.807) is 31.2 Å². The summed E-state index contributed by atoms with van der Waals surface area (Å²) < 4.78 is 21.4. The summed E-state index contributed by atoms with van der Waals surface area (Å²) in [5.74, 6) is 0.372. The van der Waals surface area contributed by atoms with Gasteiger partial charge in [0.25, 0.3) is 0 Å². The molecule has 1 amide bonds. The molecule has 0 saturated heterocycles. The van der Waals surface area contributed by atoms with Crippen molar-refractivity contribution in [2.45, 2.75) is 19.4 Å². The van der Waals surface area contributed by atoms with E-state index in [0.717, 1.165) is 11.3 Å². The highest BCUT2D eigenvalue weighted by Crippen LogP contribution is 2.15. The van der Waals surface area contributed by atoms with Gasteiger partial charge in [-0.1, -0.05) is 30.3 Å². The Balaban J connectivity index is 1.80. The minimum absolute atomic E-state index is 0.274. The number of nitrogens with zero attached hydrogens (tertiary/aromatic N) is 1. The Morgan fingerprint density at radius 1 is 0.935 bits per heavy atom. The predicted molar refractivity (Wildman–Crippen MR) is 115 cm³/mol. The third kappa shape index (κ3) is 8.55. The number of hydrogen-bond donors (Lipinski definition) is 1. The highest BCUT2D eigenvalue weighted by molar-refractivity contribution is 5.72. The van der Waals surface area contributed by atoms with Crippen molar-refractivity contribution in [1.29, 1.82) is 0 Å². The maximum Gasteiger partial charge on any atom is 0.409 e. The first-order chi connectivity index (χ1) is 15.0. The SMILES string of the molecule is CCOC(Cc1ccc(OCCN(CCOc2ccccc2)C(=O)OC)cc1)C(=O)O. The Bertz CT molecular complexity index is 795. The fourth-order valence-corrected chi connectivity index (χ4v) is 2.84. The van der Waals surface area contributed by atoms with Gasteiger partial charge in [0, 0.05) is 13.0 Å². The second-order valence-electron chi connectivity index (χ2n) is 6.60. The zero-order chi connectivity index (χ0) is 22.5. The molecule has 0 aliphatic rings. The summed E-state index contributed by atoms with van der Waals surface area (Å²) in [4.78, 5) is 24.7. The van der Waals surface area contributed by atoms with Crippen LogP contribution in [-0.4, -0.2) is 68.2 Å². The van der Waals surface area contributed by atoms with E-state index in [4.69, 9.17) is 18.9 Å². The summed E-state index contributed by atoms with van der Waals surface area (Å²) in [5.41, 5.74) is 0.836. The Kier molecular flexibility index (Phi) is 10.2. The van der Waals surface area contributed by atoms with Crippen molar-refractivity contribution < 1.29 is 33.6 Å². The topological polar surface area (TPSA) is 94.5 Å². The molecule has 8 nitrogen and oxygen atoms in total. The van der Waals surface area contributed by atoms with E-state index in [2.05, 4.69) is 0 Å². The molecule has 0 saturated carbocycles. The molecule has 0 fully saturated rings. The van der Waals surface area contributed by atoms with Crippen LogP contribution in [0.3, 0.4) is 0 Å². The fraction of sp³-hybridized carbons (Fsp3) is 0.391. The maximum absolute atomic E-state index is 12.0. The summed E-state index contributed by atoms with van der Waals surface area (Å²) in [6, 6.07) is 16.5. The van der Waals surface area contributed by atoms with Crippen LogP contribution in [0.4, 0.5) is 4.79 Å². The van der Waals surface area contributed by atoms with Crippen LogP contribution in [0.2, 0.25) is 0 Å². The van der Waals surface area contributed by atoms with Gasteiger partial charge in [-0.25, -0.2) is 9.59 Å². The second kappa shape index (κ2) is 13.1. The van der Waals surface area contributed by atoms with Gasteiger partial charge in [-0.2, -0.15) is 0 Å². The molecule has 0 spiro atoms. The normalized spacial score (nSPS) is 11.4. The molecule has 0 aromatic heterocycles. The molecular weight excluding hydrogens is 402 g/mol. The second-order valence-corrected chi connectivity index (χ2v) is 6.60. The van der Waals surface area contributed by atoms with E-state index in [9.17, 15) is 14.7 Å². The van der Waals surface area contributed by atoms with Crippen molar-refractivity contribution in [2.75, 3.05) is 40.0 Å². The van der Waals surface area contributed by atoms with Crippen LogP contribution in [0.25, 0.3) is 0 Å². The summed E-state index contributed by atoms with van der Waals surface area (Å²) >= 11 is 0. The van der Waals surface area contributed by atoms with Crippen molar-refractivity contribution in [3.8, 4) is 11.5 Å². The van der Waals surface area contributed by atoms with Gasteiger partial charge in [-0.15, -0.1) is 0 Å². The average Bonchev–Trinajstić information content (AvgIpc) is 2.79. The number of carbonyl (C=O) groups excluding carboxylic acids is 1. The van der Waals surface area contributed by atoms with Crippen LogP contribution < -0.4 is 9.47 Å². The molecule has 1 N–H and O–H groups in total. The van der Waals surface area contributed by atoms with E-state index in [1.165, 1.54) is 12.0 Å². The number of carboxylic acid groups (broad SMARTS) is 1. The largest absolute Gasteiger partial charge is 0.492 e. The number of aliphatic carboxylic acids is 1. The molecule has 0 heterocycles. The Morgan fingerprint density at radius 2 is 1.52 bits per heavy atom. The van der Waals surface area contributed by atoms with Crippen LogP contribution >= 0.6 is 0 Å². The predicted octanol–water partition coefficient (Wildman–Crippen LogP) is 3.25. The van der Waals surface area contributed by atoms with Gasteiger partial charge in [0.05, 0.1) is 20.2 Å². The molecule has 0 aliphatic heterocycles. The monoisotopic (exact) mass is 431 g/mol. The summed E-state index contributed by atoms with van der Waals surface area (Å²) in [6.45, 7) is 3.40. The maximum atomic E-state index is 12.0. The molecule has 2 aromatic carbocycles. The van der Waals surface area contributed by atoms with Crippen LogP contribution in [0, 0.1) is 0 Å². The van der Waals surface area contributed by atoms with Gasteiger partial charge in [-0.05, 0) is 36.8 Å². The summed E-state index contributed by atoms with van der Waals surface area (Å²) in [5, 5.41) is 9.18. The van der Waals surface area contributed by atoms with Crippen molar-refractivity contribution in [3.63, 3.8) is 0 Å². The first kappa shape index (κ1) is 24.0. The number of hydrogen-bond acceptors (Lipinski definition) is 6. The molecule has 168 valence electrons. The molecule has 2 aromatic rings. The van der Waals surface area contributed by atoms with Gasteiger partial charge in [0.2, 0.25) is 0 Å². The quantitative estimate of drug-likeness (QED) is 0.520. The number of carbonyl (C=O) groups is 2. The Morgan fingerprint density at radius 3 is 2.03 bits per heavy atom. The number of rotatable bonds is 13. The van der Waals surface area contributed by atoms with Crippen molar-refractivity contribution >= 4 is 12.1 Å². The van der Waals surface area contributed by atoms with Crippen molar-refractivity contribution in [2.24, 2.45) is 0 Å². The minimum Gasteiger partial charge on any atom is -0.492 e. The van der Waals surface area contributed by atoms with E-state index >= 15 is 0 Å². The van der Waals surface area contributed by atoms with E-state index < -0.39 is 18.2 Å². The molecule has 0 radical (unpaired) electrons. The molecule has 2 rings (SSSR count). The molecule has 1 atom stereocenters. The first-order valence-electron chi connectivity index (χ1n) is 10.1. The van der Waals surface area contributed by atoms with E-state index in [-0.39, 0.29) is 13.0 Å². The average molecular weight is 431 g/mol. The van der Waals surface area contributed by atoms with Crippen LogP contribution in [0.1, 0.15) is 12.5 Å². The molecular formula is C23H29NO7. The molecule has 31 heavy (non-hydrogen) atoms. The van der Waals surface area contributed by atoms with E-state index in [1.807, 2.05) is 30.3 Å². The van der Waals surface area contributed by atoms with Crippen LogP contribution in [-0.2, 0) is 20.7 Å². The zero-order valence-electron chi connectivity index (χ0n) is 17.9. The Labute approximate surface area is 182 Å². The molecule has 0 bridgehead atoms. The Hall–Kier alpha value is -3.26. The van der Waals surface area contributed by atoms with Gasteiger partial charge in [0.1, 0.15) is 24.7 Å². The lowest BCUT2D eigenvalue weighted by Gasteiger charge is -2.21. The smallest absolute Gasteiger partial charge is 0.409 e. The number of para-hydroxylation sites is 1. The lowest BCUT2D eigenvalue weighted by molar-refractivity contribution is -0.149. The van der Waals surface area contributed by atoms with Gasteiger partial charge >= 0.3 is 12.1 Å². The van der Waals surface area contributed by atoms with Gasteiger partial charge in [0.15, 0.2) is 6.10 Å². The highest BCUT2D eigenvalue weighted by Gasteiger charge is 2.18. The van der Waals surface area contributed by atoms with Crippen LogP contribution in [0.5, 0.6) is 11.5 Å². The molecule has 0 aliphatic carbocycles. The van der Waals surface area contributed by atoms with Crippen molar-refractivity contribution in [3.05, 3.63) is 60.2 Å². The molecule has 1 unspecified atom stereocenters. The number of ether oxygens (including phenoxy) is 4. The van der Waals surface area contributed by atoms with Gasteiger partial charge < -0.3 is 29.0 Å². The minimum atomic E-state index is -0.985. The molecule has 8 heteroatoms. The van der Waals surface area contributed by atoms with Gasteiger partial charge in [-0.3, -0.25) is 0 Å². The summed E-state index contributed by atoms with van der Waals surface area (Å²) in [7, 11) is 1.33.